The molecule has 1 aromatic heterocycles. The lowest BCUT2D eigenvalue weighted by atomic mass is 10.1. The van der Waals surface area contributed by atoms with Gasteiger partial charge in [0.2, 0.25) is 5.13 Å². The molecule has 0 aliphatic heterocycles. The quantitative estimate of drug-likeness (QED) is 0.805. The number of aromatic nitrogens is 2. The first-order chi connectivity index (χ1) is 6.22. The maximum absolute atomic E-state index is 4.36. The summed E-state index contributed by atoms with van der Waals surface area (Å²) in [6, 6.07) is 0. The van der Waals surface area contributed by atoms with Gasteiger partial charge in [-0.05, 0) is 18.3 Å². The third-order valence-electron chi connectivity index (χ3n) is 2.55. The van der Waals surface area contributed by atoms with Gasteiger partial charge in [-0.25, -0.2) is 4.98 Å². The van der Waals surface area contributed by atoms with Crippen molar-refractivity contribution in [1.82, 2.24) is 9.36 Å². The van der Waals surface area contributed by atoms with Crippen LogP contribution in [0.4, 0.5) is 5.13 Å². The summed E-state index contributed by atoms with van der Waals surface area (Å²) in [7, 11) is 0. The Bertz CT molecular complexity index is 291. The van der Waals surface area contributed by atoms with Crippen LogP contribution in [0.3, 0.4) is 0 Å². The topological polar surface area (TPSA) is 37.8 Å². The van der Waals surface area contributed by atoms with Crippen molar-refractivity contribution in [3.05, 3.63) is 5.82 Å². The fraction of sp³-hybridized carbons (Fsp3) is 0.778. The van der Waals surface area contributed by atoms with E-state index < -0.39 is 0 Å². The van der Waals surface area contributed by atoms with Crippen LogP contribution in [0.1, 0.15) is 32.5 Å². The molecular weight excluding hydrogens is 182 g/mol. The van der Waals surface area contributed by atoms with E-state index in [2.05, 4.69) is 28.5 Å². The van der Waals surface area contributed by atoms with Crippen LogP contribution in [0, 0.1) is 5.41 Å². The van der Waals surface area contributed by atoms with Crippen LogP contribution in [0.25, 0.3) is 0 Å². The van der Waals surface area contributed by atoms with Crippen LogP contribution in [0.5, 0.6) is 0 Å². The number of nitrogens with zero attached hydrogens (tertiary/aromatic N) is 2. The van der Waals surface area contributed by atoms with Gasteiger partial charge in [0.25, 0.3) is 0 Å². The average Bonchev–Trinajstić information content (AvgIpc) is 2.69. The van der Waals surface area contributed by atoms with Crippen LogP contribution < -0.4 is 5.32 Å². The highest BCUT2D eigenvalue weighted by atomic mass is 32.1. The smallest absolute Gasteiger partial charge is 0.202 e. The van der Waals surface area contributed by atoms with Crippen LogP contribution in [-0.4, -0.2) is 15.9 Å². The second-order valence-corrected chi connectivity index (χ2v) is 4.79. The molecule has 13 heavy (non-hydrogen) atoms. The summed E-state index contributed by atoms with van der Waals surface area (Å²) in [5.41, 5.74) is 0.540. The fourth-order valence-electron chi connectivity index (χ4n) is 1.15. The maximum Gasteiger partial charge on any atom is 0.202 e. The molecule has 1 aliphatic rings. The zero-order chi connectivity index (χ0) is 9.31. The minimum Gasteiger partial charge on any atom is -0.360 e. The van der Waals surface area contributed by atoms with Crippen LogP contribution in [0.15, 0.2) is 0 Å². The van der Waals surface area contributed by atoms with E-state index in [1.54, 1.807) is 0 Å². The van der Waals surface area contributed by atoms with Gasteiger partial charge in [0.15, 0.2) is 0 Å². The number of anilines is 1. The van der Waals surface area contributed by atoms with E-state index in [1.807, 2.05) is 0 Å². The minimum atomic E-state index is 0.540. The van der Waals surface area contributed by atoms with E-state index in [9.17, 15) is 0 Å². The van der Waals surface area contributed by atoms with E-state index in [0.29, 0.717) is 5.41 Å². The predicted octanol–water partition coefficient (Wildman–Crippen LogP) is 2.31. The molecule has 0 atom stereocenters. The number of aryl methyl sites for hydroxylation is 1. The largest absolute Gasteiger partial charge is 0.360 e. The number of nitrogens with one attached hydrogen (secondary N) is 1. The first-order valence-electron chi connectivity index (χ1n) is 4.78. The van der Waals surface area contributed by atoms with Gasteiger partial charge in [-0.3, -0.25) is 0 Å². The number of hydrogen-bond acceptors (Lipinski definition) is 4. The van der Waals surface area contributed by atoms with E-state index in [1.165, 1.54) is 24.4 Å². The lowest BCUT2D eigenvalue weighted by Crippen LogP contribution is -2.11. The summed E-state index contributed by atoms with van der Waals surface area (Å²) < 4.78 is 4.22. The highest BCUT2D eigenvalue weighted by molar-refractivity contribution is 7.09. The average molecular weight is 197 g/mol. The summed E-state index contributed by atoms with van der Waals surface area (Å²) in [4.78, 5) is 4.36. The highest BCUT2D eigenvalue weighted by Gasteiger charge is 2.36. The molecule has 0 bridgehead atoms. The Labute approximate surface area is 82.8 Å². The molecule has 1 fully saturated rings. The first kappa shape index (κ1) is 8.94. The molecule has 0 spiro atoms. The predicted molar refractivity (Wildman–Crippen MR) is 55.1 cm³/mol. The third kappa shape index (κ3) is 2.18. The Morgan fingerprint density at radius 2 is 2.31 bits per heavy atom. The molecular formula is C9H15N3S. The van der Waals surface area contributed by atoms with E-state index in [0.717, 1.165) is 23.9 Å². The molecule has 1 aromatic rings. The van der Waals surface area contributed by atoms with E-state index in [4.69, 9.17) is 0 Å². The molecule has 3 nitrogen and oxygen atoms in total. The minimum absolute atomic E-state index is 0.540. The van der Waals surface area contributed by atoms with Crippen LogP contribution in [-0.2, 0) is 6.42 Å². The van der Waals surface area contributed by atoms with Gasteiger partial charge in [0.05, 0.1) is 0 Å². The summed E-state index contributed by atoms with van der Waals surface area (Å²) >= 11 is 1.47. The van der Waals surface area contributed by atoms with Crippen molar-refractivity contribution in [3.63, 3.8) is 0 Å². The first-order valence-corrected chi connectivity index (χ1v) is 5.56. The summed E-state index contributed by atoms with van der Waals surface area (Å²) in [5.74, 6) is 0.952. The molecule has 4 heteroatoms. The molecule has 1 N–H and O–H groups in total. The monoisotopic (exact) mass is 197 g/mol. The van der Waals surface area contributed by atoms with Gasteiger partial charge in [-0.15, -0.1) is 0 Å². The maximum atomic E-state index is 4.36. The number of rotatable bonds is 4. The fourth-order valence-corrected chi connectivity index (χ4v) is 1.79. The molecule has 0 aromatic carbocycles. The highest BCUT2D eigenvalue weighted by Crippen LogP contribution is 2.44. The van der Waals surface area contributed by atoms with Crippen molar-refractivity contribution in [2.75, 3.05) is 11.9 Å². The van der Waals surface area contributed by atoms with E-state index in [-0.39, 0.29) is 0 Å². The summed E-state index contributed by atoms with van der Waals surface area (Å²) in [6.07, 6.45) is 3.62. The van der Waals surface area contributed by atoms with Crippen LogP contribution >= 0.6 is 11.5 Å². The van der Waals surface area contributed by atoms with Crippen molar-refractivity contribution in [2.24, 2.45) is 5.41 Å². The van der Waals surface area contributed by atoms with Gasteiger partial charge in [0, 0.05) is 24.5 Å². The Morgan fingerprint density at radius 3 is 2.85 bits per heavy atom. The van der Waals surface area contributed by atoms with Gasteiger partial charge in [-0.1, -0.05) is 13.8 Å². The number of hydrogen-bond donors (Lipinski definition) is 1. The normalized spacial score (nSPS) is 18.6. The van der Waals surface area contributed by atoms with E-state index >= 15 is 0 Å². The lowest BCUT2D eigenvalue weighted by Gasteiger charge is -2.07. The Balaban J connectivity index is 1.87. The van der Waals surface area contributed by atoms with Crippen molar-refractivity contribution >= 4 is 16.7 Å². The molecule has 0 radical (unpaired) electrons. The van der Waals surface area contributed by atoms with Gasteiger partial charge in [0.1, 0.15) is 5.82 Å². The van der Waals surface area contributed by atoms with Crippen LogP contribution in [0.2, 0.25) is 0 Å². The second-order valence-electron chi connectivity index (χ2n) is 4.03. The summed E-state index contributed by atoms with van der Waals surface area (Å²) in [6.45, 7) is 5.43. The molecule has 1 heterocycles. The third-order valence-corrected chi connectivity index (χ3v) is 3.26. The lowest BCUT2D eigenvalue weighted by molar-refractivity contribution is 0.610. The SMILES string of the molecule is CCc1nsc(NCC2(C)CC2)n1. The second kappa shape index (κ2) is 3.25. The summed E-state index contributed by atoms with van der Waals surface area (Å²) in [5, 5.41) is 4.32. The molecule has 1 saturated carbocycles. The van der Waals surface area contributed by atoms with Crippen molar-refractivity contribution in [3.8, 4) is 0 Å². The molecule has 2 rings (SSSR count). The Hall–Kier alpha value is -0.640. The molecule has 0 amide bonds. The zero-order valence-corrected chi connectivity index (χ0v) is 8.95. The molecule has 0 unspecified atom stereocenters. The van der Waals surface area contributed by atoms with Gasteiger partial charge < -0.3 is 5.32 Å². The zero-order valence-electron chi connectivity index (χ0n) is 8.13. The molecule has 0 saturated heterocycles. The Morgan fingerprint density at radius 1 is 1.54 bits per heavy atom. The van der Waals surface area contributed by atoms with Crippen molar-refractivity contribution in [1.29, 1.82) is 0 Å². The van der Waals surface area contributed by atoms with Gasteiger partial charge in [-0.2, -0.15) is 4.37 Å². The molecule has 72 valence electrons. The Kier molecular flexibility index (Phi) is 2.24. The standard InChI is InChI=1S/C9H15N3S/c1-3-7-11-8(13-12-7)10-6-9(2)4-5-9/h3-6H2,1-2H3,(H,10,11,12). The molecule has 1 aliphatic carbocycles. The van der Waals surface area contributed by atoms with Crippen molar-refractivity contribution in [2.45, 2.75) is 33.1 Å². The van der Waals surface area contributed by atoms with Gasteiger partial charge >= 0.3 is 0 Å². The van der Waals surface area contributed by atoms with Crippen molar-refractivity contribution < 1.29 is 0 Å².